The summed E-state index contributed by atoms with van der Waals surface area (Å²) < 4.78 is 25.1. The van der Waals surface area contributed by atoms with Crippen molar-refractivity contribution in [1.82, 2.24) is 14.7 Å². The molecule has 0 unspecified atom stereocenters. The molecule has 0 amide bonds. The van der Waals surface area contributed by atoms with Gasteiger partial charge >= 0.3 is 0 Å². The van der Waals surface area contributed by atoms with E-state index in [0.717, 1.165) is 36.6 Å². The van der Waals surface area contributed by atoms with Crippen molar-refractivity contribution in [3.05, 3.63) is 11.4 Å². The van der Waals surface area contributed by atoms with Gasteiger partial charge in [-0.2, -0.15) is 0 Å². The zero-order valence-electron chi connectivity index (χ0n) is 13.2. The molecule has 0 saturated carbocycles. The zero-order chi connectivity index (χ0) is 15.9. The second-order valence-electron chi connectivity index (χ2n) is 4.69. The Morgan fingerprint density at radius 3 is 2.10 bits per heavy atom. The molecule has 0 radical (unpaired) electrons. The molecular formula is C13H25N5O2S. The maximum atomic E-state index is 11.4. The van der Waals surface area contributed by atoms with Gasteiger partial charge in [-0.05, 0) is 20.4 Å². The molecule has 0 fully saturated rings. The molecule has 0 spiro atoms. The van der Waals surface area contributed by atoms with Crippen LogP contribution in [0.4, 0.5) is 11.6 Å². The molecule has 120 valence electrons. The minimum absolute atomic E-state index is 0.00607. The first-order valence-corrected chi connectivity index (χ1v) is 8.85. The Labute approximate surface area is 127 Å². The molecule has 1 rings (SSSR count). The summed E-state index contributed by atoms with van der Waals surface area (Å²) in [6.07, 6.45) is 1.73. The molecule has 21 heavy (non-hydrogen) atoms. The standard InChI is InChI=1S/C13H25N5O2S/c1-5-7-15-12-10(3)13(18-11(6-2)17-12)16-8-9-21(19,20)14-4/h14H,5-9H2,1-4H3,(H2,15,16,17,18). The Morgan fingerprint density at radius 2 is 1.62 bits per heavy atom. The molecule has 3 N–H and O–H groups in total. The largest absolute Gasteiger partial charge is 0.370 e. The average Bonchev–Trinajstić information content (AvgIpc) is 2.47. The monoisotopic (exact) mass is 315 g/mol. The van der Waals surface area contributed by atoms with Gasteiger partial charge < -0.3 is 10.6 Å². The molecule has 1 aromatic rings. The van der Waals surface area contributed by atoms with Crippen LogP contribution in [0.1, 0.15) is 31.7 Å². The smallest absolute Gasteiger partial charge is 0.213 e. The minimum atomic E-state index is -3.21. The van der Waals surface area contributed by atoms with Gasteiger partial charge in [0.15, 0.2) is 0 Å². The van der Waals surface area contributed by atoms with Crippen LogP contribution < -0.4 is 15.4 Å². The first kappa shape index (κ1) is 17.6. The van der Waals surface area contributed by atoms with E-state index in [1.165, 1.54) is 7.05 Å². The highest BCUT2D eigenvalue weighted by molar-refractivity contribution is 7.89. The maximum absolute atomic E-state index is 11.4. The predicted molar refractivity (Wildman–Crippen MR) is 86.3 cm³/mol. The molecule has 0 aliphatic rings. The summed E-state index contributed by atoms with van der Waals surface area (Å²) >= 11 is 0. The van der Waals surface area contributed by atoms with Gasteiger partial charge in [-0.15, -0.1) is 0 Å². The van der Waals surface area contributed by atoms with E-state index in [9.17, 15) is 8.42 Å². The fourth-order valence-corrected chi connectivity index (χ4v) is 2.29. The lowest BCUT2D eigenvalue weighted by molar-refractivity contribution is 0.588. The SMILES string of the molecule is CCCNc1nc(CC)nc(NCCS(=O)(=O)NC)c1C. The van der Waals surface area contributed by atoms with Gasteiger partial charge in [-0.3, -0.25) is 0 Å². The summed E-state index contributed by atoms with van der Waals surface area (Å²) in [5.41, 5.74) is 0.905. The van der Waals surface area contributed by atoms with Gasteiger partial charge in [0.05, 0.1) is 5.75 Å². The summed E-state index contributed by atoms with van der Waals surface area (Å²) in [6.45, 7) is 7.15. The van der Waals surface area contributed by atoms with Crippen molar-refractivity contribution in [3.8, 4) is 0 Å². The van der Waals surface area contributed by atoms with E-state index in [4.69, 9.17) is 0 Å². The van der Waals surface area contributed by atoms with Crippen LogP contribution in [0.15, 0.2) is 0 Å². The highest BCUT2D eigenvalue weighted by atomic mass is 32.2. The van der Waals surface area contributed by atoms with Crippen molar-refractivity contribution in [2.45, 2.75) is 33.6 Å². The number of aromatic nitrogens is 2. The van der Waals surface area contributed by atoms with Gasteiger partial charge in [-0.1, -0.05) is 13.8 Å². The van der Waals surface area contributed by atoms with Crippen molar-refractivity contribution >= 4 is 21.7 Å². The number of nitrogens with one attached hydrogen (secondary N) is 3. The van der Waals surface area contributed by atoms with Crippen molar-refractivity contribution in [2.75, 3.05) is 36.5 Å². The van der Waals surface area contributed by atoms with Crippen LogP contribution in [-0.4, -0.2) is 44.3 Å². The average molecular weight is 315 g/mol. The number of anilines is 2. The van der Waals surface area contributed by atoms with E-state index < -0.39 is 10.0 Å². The molecule has 0 aromatic carbocycles. The highest BCUT2D eigenvalue weighted by Gasteiger charge is 2.11. The van der Waals surface area contributed by atoms with Crippen LogP contribution in [0, 0.1) is 6.92 Å². The van der Waals surface area contributed by atoms with Gasteiger partial charge in [-0.25, -0.2) is 23.1 Å². The van der Waals surface area contributed by atoms with Gasteiger partial charge in [0.2, 0.25) is 10.0 Å². The molecule has 0 saturated heterocycles. The Hall–Kier alpha value is -1.41. The number of sulfonamides is 1. The predicted octanol–water partition coefficient (Wildman–Crippen LogP) is 1.13. The zero-order valence-corrected chi connectivity index (χ0v) is 14.0. The van der Waals surface area contributed by atoms with Crippen molar-refractivity contribution < 1.29 is 8.42 Å². The number of rotatable bonds is 9. The topological polar surface area (TPSA) is 96.0 Å². The third-order valence-electron chi connectivity index (χ3n) is 3.03. The quantitative estimate of drug-likeness (QED) is 0.632. The highest BCUT2D eigenvalue weighted by Crippen LogP contribution is 2.20. The van der Waals surface area contributed by atoms with E-state index in [1.54, 1.807) is 0 Å². The molecule has 0 atom stereocenters. The van der Waals surface area contributed by atoms with Gasteiger partial charge in [0, 0.05) is 25.1 Å². The van der Waals surface area contributed by atoms with Crippen LogP contribution >= 0.6 is 0 Å². The maximum Gasteiger partial charge on any atom is 0.213 e. The Bertz CT molecular complexity index is 560. The summed E-state index contributed by atoms with van der Waals surface area (Å²) in [4.78, 5) is 8.90. The van der Waals surface area contributed by atoms with Crippen molar-refractivity contribution in [2.24, 2.45) is 0 Å². The second kappa shape index (κ2) is 8.14. The summed E-state index contributed by atoms with van der Waals surface area (Å²) in [6, 6.07) is 0. The van der Waals surface area contributed by atoms with Crippen molar-refractivity contribution in [1.29, 1.82) is 0 Å². The molecule has 0 bridgehead atoms. The van der Waals surface area contributed by atoms with E-state index >= 15 is 0 Å². The fourth-order valence-electron chi connectivity index (χ4n) is 1.71. The lowest BCUT2D eigenvalue weighted by Crippen LogP contribution is -2.26. The molecule has 1 aromatic heterocycles. The molecule has 8 heteroatoms. The number of hydrogen-bond donors (Lipinski definition) is 3. The van der Waals surface area contributed by atoms with Crippen molar-refractivity contribution in [3.63, 3.8) is 0 Å². The Morgan fingerprint density at radius 1 is 1.05 bits per heavy atom. The third kappa shape index (κ3) is 5.47. The summed E-state index contributed by atoms with van der Waals surface area (Å²) in [7, 11) is -1.80. The normalized spacial score (nSPS) is 11.4. The van der Waals surface area contributed by atoms with Crippen LogP contribution in [0.5, 0.6) is 0 Å². The minimum Gasteiger partial charge on any atom is -0.370 e. The molecule has 1 heterocycles. The van der Waals surface area contributed by atoms with Gasteiger partial charge in [0.1, 0.15) is 17.5 Å². The lowest BCUT2D eigenvalue weighted by atomic mass is 10.2. The van der Waals surface area contributed by atoms with Crippen LogP contribution in [0.3, 0.4) is 0 Å². The number of nitrogens with zero attached hydrogens (tertiary/aromatic N) is 2. The van der Waals surface area contributed by atoms with E-state index in [0.29, 0.717) is 12.4 Å². The van der Waals surface area contributed by atoms with Gasteiger partial charge in [0.25, 0.3) is 0 Å². The molecular weight excluding hydrogens is 290 g/mol. The van der Waals surface area contributed by atoms with E-state index in [2.05, 4.69) is 32.2 Å². The van der Waals surface area contributed by atoms with Crippen LogP contribution in [0.2, 0.25) is 0 Å². The van der Waals surface area contributed by atoms with Crippen LogP contribution in [-0.2, 0) is 16.4 Å². The Balaban J connectivity index is 2.85. The van der Waals surface area contributed by atoms with E-state index in [1.807, 2.05) is 13.8 Å². The summed E-state index contributed by atoms with van der Waals surface area (Å²) in [5.74, 6) is 2.24. The third-order valence-corrected chi connectivity index (χ3v) is 4.39. The first-order chi connectivity index (χ1) is 9.93. The second-order valence-corrected chi connectivity index (χ2v) is 6.74. The fraction of sp³-hybridized carbons (Fsp3) is 0.692. The number of hydrogen-bond acceptors (Lipinski definition) is 6. The number of aryl methyl sites for hydroxylation is 1. The molecule has 7 nitrogen and oxygen atoms in total. The lowest BCUT2D eigenvalue weighted by Gasteiger charge is -2.14. The Kier molecular flexibility index (Phi) is 6.83. The summed E-state index contributed by atoms with van der Waals surface area (Å²) in [5, 5.41) is 6.36. The molecule has 0 aliphatic heterocycles. The van der Waals surface area contributed by atoms with E-state index in [-0.39, 0.29) is 5.75 Å². The van der Waals surface area contributed by atoms with Crippen LogP contribution in [0.25, 0.3) is 0 Å². The molecule has 0 aliphatic carbocycles. The first-order valence-electron chi connectivity index (χ1n) is 7.20.